The Morgan fingerprint density at radius 3 is 0.769 bits per heavy atom. The first kappa shape index (κ1) is 47.4. The lowest BCUT2D eigenvalue weighted by Gasteiger charge is -2.28. The fourth-order valence-electron chi connectivity index (χ4n) is 10.8. The summed E-state index contributed by atoms with van der Waals surface area (Å²) in [4.78, 5) is 4.78. The lowest BCUT2D eigenvalue weighted by Crippen LogP contribution is -2.10. The number of rotatable bonds is 13. The molecule has 0 atom stereocenters. The van der Waals surface area contributed by atoms with Crippen molar-refractivity contribution in [1.82, 2.24) is 0 Å². The van der Waals surface area contributed by atoms with Crippen molar-refractivity contribution in [3.63, 3.8) is 0 Å². The van der Waals surface area contributed by atoms with Gasteiger partial charge in [-0.25, -0.2) is 0 Å². The Kier molecular flexibility index (Phi) is 13.1. The standard InChI is InChI=1S/C76H54N2/c1-6-19-55(20-7-1)60-33-41-70(42-34-60)77(74-53-68(58-25-12-4-13-26-58)52-69(54-74)59-27-14-5-15-28-59)71-43-35-61(36-44-71)62-37-45-72(46-38-62)78(76-32-18-30-64-29-16-17-31-75(64)76)73-47-39-63(40-48-73)67-50-65(56-21-8-2-9-22-56)49-66(51-67)57-23-10-3-11-24-57/h1-54H. The second-order valence-electron chi connectivity index (χ2n) is 19.8. The predicted molar refractivity (Wildman–Crippen MR) is 331 cm³/mol. The predicted octanol–water partition coefficient (Wildman–Crippen LogP) is 21.4. The Balaban J connectivity index is 0.862. The van der Waals surface area contributed by atoms with Gasteiger partial charge in [-0.3, -0.25) is 0 Å². The average Bonchev–Trinajstić information content (AvgIpc) is 3.53. The summed E-state index contributed by atoms with van der Waals surface area (Å²) in [5.74, 6) is 0. The van der Waals surface area contributed by atoms with Crippen LogP contribution in [0.15, 0.2) is 328 Å². The Hall–Kier alpha value is -10.3. The molecule has 0 unspecified atom stereocenters. The zero-order valence-corrected chi connectivity index (χ0v) is 43.1. The molecule has 0 aliphatic rings. The number of anilines is 6. The van der Waals surface area contributed by atoms with Gasteiger partial charge in [-0.2, -0.15) is 0 Å². The van der Waals surface area contributed by atoms with E-state index in [0.29, 0.717) is 0 Å². The van der Waals surface area contributed by atoms with Gasteiger partial charge in [-0.05, 0) is 174 Å². The first-order valence-electron chi connectivity index (χ1n) is 26.7. The Labute approximate surface area is 457 Å². The highest BCUT2D eigenvalue weighted by molar-refractivity contribution is 5.99. The molecular formula is C76H54N2. The molecule has 2 nitrogen and oxygen atoms in total. The molecule has 0 bridgehead atoms. The van der Waals surface area contributed by atoms with E-state index in [1.165, 1.54) is 60.8 Å². The van der Waals surface area contributed by atoms with Crippen LogP contribution in [-0.2, 0) is 0 Å². The number of hydrogen-bond donors (Lipinski definition) is 0. The maximum absolute atomic E-state index is 2.39. The van der Waals surface area contributed by atoms with Gasteiger partial charge >= 0.3 is 0 Å². The van der Waals surface area contributed by atoms with Gasteiger partial charge in [0.25, 0.3) is 0 Å². The highest BCUT2D eigenvalue weighted by Crippen LogP contribution is 2.44. The molecule has 0 aliphatic carbocycles. The molecule has 0 aliphatic heterocycles. The quantitative estimate of drug-likeness (QED) is 0.114. The topological polar surface area (TPSA) is 6.48 Å². The summed E-state index contributed by atoms with van der Waals surface area (Å²) in [6, 6.07) is 119. The lowest BCUT2D eigenvalue weighted by atomic mass is 9.93. The smallest absolute Gasteiger partial charge is 0.0540 e. The van der Waals surface area contributed by atoms with Gasteiger partial charge in [0.2, 0.25) is 0 Å². The van der Waals surface area contributed by atoms with Gasteiger partial charge in [0.1, 0.15) is 0 Å². The molecule has 0 saturated carbocycles. The van der Waals surface area contributed by atoms with E-state index < -0.39 is 0 Å². The molecule has 0 aromatic heterocycles. The molecule has 0 fully saturated rings. The molecule has 0 saturated heterocycles. The number of benzene rings is 13. The van der Waals surface area contributed by atoms with E-state index in [0.717, 1.165) is 61.9 Å². The third kappa shape index (κ3) is 9.90. The summed E-state index contributed by atoms with van der Waals surface area (Å²) in [5, 5.41) is 2.39. The fraction of sp³-hybridized carbons (Fsp3) is 0. The van der Waals surface area contributed by atoms with Crippen molar-refractivity contribution in [2.24, 2.45) is 0 Å². The van der Waals surface area contributed by atoms with Crippen LogP contribution in [-0.4, -0.2) is 0 Å². The van der Waals surface area contributed by atoms with Gasteiger partial charge < -0.3 is 9.80 Å². The van der Waals surface area contributed by atoms with Crippen molar-refractivity contribution >= 4 is 44.9 Å². The first-order valence-corrected chi connectivity index (χ1v) is 26.7. The largest absolute Gasteiger partial charge is 0.310 e. The zero-order chi connectivity index (χ0) is 52.0. The van der Waals surface area contributed by atoms with Crippen LogP contribution in [0, 0.1) is 0 Å². The van der Waals surface area contributed by atoms with Crippen molar-refractivity contribution in [3.05, 3.63) is 328 Å². The minimum atomic E-state index is 1.07. The molecule has 2 heteroatoms. The molecule has 13 aromatic carbocycles. The van der Waals surface area contributed by atoms with Crippen molar-refractivity contribution in [1.29, 1.82) is 0 Å². The summed E-state index contributed by atoms with van der Waals surface area (Å²) in [6.07, 6.45) is 0. The monoisotopic (exact) mass is 994 g/mol. The Morgan fingerprint density at radius 1 is 0.154 bits per heavy atom. The van der Waals surface area contributed by atoms with E-state index in [2.05, 4.69) is 337 Å². The molecule has 368 valence electrons. The number of nitrogens with zero attached hydrogens (tertiary/aromatic N) is 2. The highest BCUT2D eigenvalue weighted by Gasteiger charge is 2.19. The van der Waals surface area contributed by atoms with Crippen LogP contribution < -0.4 is 9.80 Å². The van der Waals surface area contributed by atoms with Crippen LogP contribution in [0.2, 0.25) is 0 Å². The van der Waals surface area contributed by atoms with Crippen LogP contribution in [0.1, 0.15) is 0 Å². The maximum Gasteiger partial charge on any atom is 0.0540 e. The van der Waals surface area contributed by atoms with Crippen molar-refractivity contribution < 1.29 is 0 Å². The number of fused-ring (bicyclic) bond motifs is 1. The fourth-order valence-corrected chi connectivity index (χ4v) is 10.8. The van der Waals surface area contributed by atoms with Gasteiger partial charge in [0.15, 0.2) is 0 Å². The van der Waals surface area contributed by atoms with Gasteiger partial charge in [-0.1, -0.05) is 237 Å². The molecule has 13 aromatic rings. The summed E-state index contributed by atoms with van der Waals surface area (Å²) in [5.41, 5.74) is 23.0. The van der Waals surface area contributed by atoms with E-state index in [4.69, 9.17) is 0 Å². The summed E-state index contributed by atoms with van der Waals surface area (Å²) >= 11 is 0. The van der Waals surface area contributed by atoms with Crippen molar-refractivity contribution in [2.75, 3.05) is 9.80 Å². The molecule has 0 amide bonds. The minimum Gasteiger partial charge on any atom is -0.310 e. The van der Waals surface area contributed by atoms with Crippen LogP contribution in [0.3, 0.4) is 0 Å². The molecule has 0 heterocycles. The third-order valence-corrected chi connectivity index (χ3v) is 14.8. The van der Waals surface area contributed by atoms with E-state index in [1.807, 2.05) is 0 Å². The van der Waals surface area contributed by atoms with Crippen LogP contribution in [0.4, 0.5) is 34.1 Å². The summed E-state index contributed by atoms with van der Waals surface area (Å²) in [6.45, 7) is 0. The first-order chi connectivity index (χ1) is 38.6. The van der Waals surface area contributed by atoms with Crippen LogP contribution >= 0.6 is 0 Å². The maximum atomic E-state index is 2.39. The van der Waals surface area contributed by atoms with Crippen LogP contribution in [0.25, 0.3) is 88.7 Å². The Morgan fingerprint density at radius 2 is 0.410 bits per heavy atom. The second-order valence-corrected chi connectivity index (χ2v) is 19.8. The highest BCUT2D eigenvalue weighted by atomic mass is 15.1. The lowest BCUT2D eigenvalue weighted by molar-refractivity contribution is 1.28. The van der Waals surface area contributed by atoms with E-state index in [-0.39, 0.29) is 0 Å². The van der Waals surface area contributed by atoms with Crippen LogP contribution in [0.5, 0.6) is 0 Å². The number of hydrogen-bond acceptors (Lipinski definition) is 2. The molecule has 0 N–H and O–H groups in total. The molecule has 0 radical (unpaired) electrons. The minimum absolute atomic E-state index is 1.07. The van der Waals surface area contributed by atoms with Gasteiger partial charge in [0, 0.05) is 33.8 Å². The summed E-state index contributed by atoms with van der Waals surface area (Å²) in [7, 11) is 0. The third-order valence-electron chi connectivity index (χ3n) is 14.8. The second kappa shape index (κ2) is 21.5. The van der Waals surface area contributed by atoms with E-state index >= 15 is 0 Å². The normalized spacial score (nSPS) is 11.1. The SMILES string of the molecule is c1ccc(-c2ccc(N(c3ccc(-c4ccc(N(c5ccc(-c6cc(-c7ccccc7)cc(-c7ccccc7)c6)cc5)c5cccc6ccccc56)cc4)cc3)c3cc(-c4ccccc4)cc(-c4ccccc4)c3)cc2)cc1. The average molecular weight is 995 g/mol. The molecule has 0 spiro atoms. The molecule has 78 heavy (non-hydrogen) atoms. The Bertz CT molecular complexity index is 4000. The van der Waals surface area contributed by atoms with E-state index in [9.17, 15) is 0 Å². The molecule has 13 rings (SSSR count). The summed E-state index contributed by atoms with van der Waals surface area (Å²) < 4.78 is 0. The molecular weight excluding hydrogens is 941 g/mol. The van der Waals surface area contributed by atoms with E-state index in [1.54, 1.807) is 0 Å². The van der Waals surface area contributed by atoms with Gasteiger partial charge in [-0.15, -0.1) is 0 Å². The van der Waals surface area contributed by atoms with Crippen molar-refractivity contribution in [2.45, 2.75) is 0 Å². The van der Waals surface area contributed by atoms with Crippen molar-refractivity contribution in [3.8, 4) is 77.9 Å². The van der Waals surface area contributed by atoms with Gasteiger partial charge in [0.05, 0.1) is 5.69 Å². The zero-order valence-electron chi connectivity index (χ0n) is 43.1.